The van der Waals surface area contributed by atoms with Gasteiger partial charge in [0.15, 0.2) is 9.84 Å². The Hall–Kier alpha value is -1.82. The monoisotopic (exact) mass is 266 g/mol. The molecule has 0 fully saturated rings. The normalized spacial score (nSPS) is 19.1. The summed E-state index contributed by atoms with van der Waals surface area (Å²) >= 11 is 0. The molecule has 0 aliphatic carbocycles. The first kappa shape index (κ1) is 11.3. The van der Waals surface area contributed by atoms with Crippen molar-refractivity contribution in [3.63, 3.8) is 0 Å². The maximum Gasteiger partial charge on any atom is 0.197 e. The molecule has 2 aliphatic heterocycles. The molecule has 0 radical (unpaired) electrons. The Kier molecular flexibility index (Phi) is 2.10. The van der Waals surface area contributed by atoms with Gasteiger partial charge >= 0.3 is 0 Å². The molecule has 18 heavy (non-hydrogen) atoms. The Labute approximate surface area is 104 Å². The third-order valence-corrected chi connectivity index (χ3v) is 4.22. The molecule has 2 aliphatic rings. The van der Waals surface area contributed by atoms with E-state index in [4.69, 9.17) is 0 Å². The first-order valence-corrected chi connectivity index (χ1v) is 7.01. The van der Waals surface area contributed by atoms with Crippen molar-refractivity contribution in [2.45, 2.75) is 13.8 Å². The van der Waals surface area contributed by atoms with Crippen LogP contribution in [0.1, 0.15) is 11.1 Å². The largest absolute Gasteiger partial charge is 0.351 e. The highest BCUT2D eigenvalue weighted by Gasteiger charge is 2.28. The number of hydrogen-bond donors (Lipinski definition) is 2. The van der Waals surface area contributed by atoms with E-state index >= 15 is 0 Å². The third-order valence-electron chi connectivity index (χ3n) is 3.09. The Bertz CT molecular complexity index is 733. The number of benzene rings is 1. The maximum absolute atomic E-state index is 13.6. The van der Waals surface area contributed by atoms with Crippen LogP contribution in [0.4, 0.5) is 15.8 Å². The van der Waals surface area contributed by atoms with Gasteiger partial charge in [0, 0.05) is 5.56 Å². The Morgan fingerprint density at radius 2 is 1.61 bits per heavy atom. The molecule has 2 heterocycles. The van der Waals surface area contributed by atoms with Crippen LogP contribution in [0.5, 0.6) is 0 Å². The van der Waals surface area contributed by atoms with E-state index in [2.05, 4.69) is 10.6 Å². The second-order valence-electron chi connectivity index (χ2n) is 4.45. The zero-order chi connectivity index (χ0) is 13.1. The van der Waals surface area contributed by atoms with Crippen LogP contribution in [0.15, 0.2) is 28.3 Å². The molecule has 94 valence electrons. The maximum atomic E-state index is 13.6. The van der Waals surface area contributed by atoms with Gasteiger partial charge in [-0.15, -0.1) is 0 Å². The lowest BCUT2D eigenvalue weighted by Crippen LogP contribution is -2.17. The average molecular weight is 266 g/mol. The summed E-state index contributed by atoms with van der Waals surface area (Å²) in [5.74, 6) is -0.311. The molecule has 0 spiro atoms. The molecule has 6 heteroatoms. The highest BCUT2D eigenvalue weighted by molar-refractivity contribution is 7.97. The Morgan fingerprint density at radius 1 is 1.06 bits per heavy atom. The van der Waals surface area contributed by atoms with Gasteiger partial charge in [0.05, 0.1) is 33.6 Å². The zero-order valence-electron chi connectivity index (χ0n) is 9.83. The van der Waals surface area contributed by atoms with Crippen molar-refractivity contribution in [2.24, 2.45) is 0 Å². The summed E-state index contributed by atoms with van der Waals surface area (Å²) in [6.07, 6.45) is 0. The van der Waals surface area contributed by atoms with Crippen LogP contribution in [0.2, 0.25) is 0 Å². The standard InChI is InChI=1S/C12H11FN2O2S/c1-6-3-8(13)7(2)12-11(6)14-9-4-18(16,17)5-10(9)15-12/h3-5,14-15H,1-2H3. The minimum Gasteiger partial charge on any atom is -0.351 e. The van der Waals surface area contributed by atoms with Crippen LogP contribution in [-0.4, -0.2) is 8.42 Å². The van der Waals surface area contributed by atoms with E-state index in [1.807, 2.05) is 0 Å². The van der Waals surface area contributed by atoms with Crippen molar-refractivity contribution in [3.8, 4) is 0 Å². The van der Waals surface area contributed by atoms with E-state index in [-0.39, 0.29) is 5.82 Å². The summed E-state index contributed by atoms with van der Waals surface area (Å²) in [4.78, 5) is 0. The minimum atomic E-state index is -3.33. The highest BCUT2D eigenvalue weighted by Crippen LogP contribution is 2.40. The van der Waals surface area contributed by atoms with Gasteiger partial charge in [-0.2, -0.15) is 0 Å². The lowest BCUT2D eigenvalue weighted by molar-refractivity contribution is 0.613. The number of halogens is 1. The van der Waals surface area contributed by atoms with Crippen molar-refractivity contribution < 1.29 is 12.8 Å². The van der Waals surface area contributed by atoms with Crippen LogP contribution in [0.25, 0.3) is 0 Å². The smallest absolute Gasteiger partial charge is 0.197 e. The predicted molar refractivity (Wildman–Crippen MR) is 68.2 cm³/mol. The van der Waals surface area contributed by atoms with Crippen molar-refractivity contribution in [2.75, 3.05) is 10.6 Å². The Morgan fingerprint density at radius 3 is 2.22 bits per heavy atom. The molecular weight excluding hydrogens is 255 g/mol. The van der Waals surface area contributed by atoms with Crippen LogP contribution in [0, 0.1) is 19.7 Å². The molecule has 1 aromatic rings. The highest BCUT2D eigenvalue weighted by atomic mass is 32.2. The van der Waals surface area contributed by atoms with Crippen molar-refractivity contribution >= 4 is 21.2 Å². The van der Waals surface area contributed by atoms with E-state index in [0.717, 1.165) is 22.1 Å². The fourth-order valence-electron chi connectivity index (χ4n) is 2.14. The van der Waals surface area contributed by atoms with E-state index in [1.165, 1.54) is 6.07 Å². The van der Waals surface area contributed by atoms with E-state index in [1.54, 1.807) is 13.8 Å². The second-order valence-corrected chi connectivity index (χ2v) is 6.10. The van der Waals surface area contributed by atoms with Gasteiger partial charge in [-0.3, -0.25) is 0 Å². The van der Waals surface area contributed by atoms with Crippen LogP contribution < -0.4 is 10.6 Å². The fraction of sp³-hybridized carbons (Fsp3) is 0.167. The molecular formula is C12H11FN2O2S. The molecule has 0 amide bonds. The number of hydrogen-bond acceptors (Lipinski definition) is 4. The van der Waals surface area contributed by atoms with Gasteiger partial charge in [0.1, 0.15) is 5.82 Å². The summed E-state index contributed by atoms with van der Waals surface area (Å²) in [5.41, 5.74) is 3.45. The molecule has 0 aromatic heterocycles. The van der Waals surface area contributed by atoms with Gasteiger partial charge in [0.25, 0.3) is 0 Å². The first-order valence-electron chi connectivity index (χ1n) is 5.40. The predicted octanol–water partition coefficient (Wildman–Crippen LogP) is 2.39. The van der Waals surface area contributed by atoms with Gasteiger partial charge in [-0.05, 0) is 25.5 Å². The molecule has 0 bridgehead atoms. The van der Waals surface area contributed by atoms with Gasteiger partial charge < -0.3 is 10.6 Å². The molecule has 0 saturated carbocycles. The number of nitrogens with one attached hydrogen (secondary N) is 2. The molecule has 4 nitrogen and oxygen atoms in total. The van der Waals surface area contributed by atoms with E-state index in [0.29, 0.717) is 22.6 Å². The summed E-state index contributed by atoms with van der Waals surface area (Å²) in [5, 5.41) is 8.31. The lowest BCUT2D eigenvalue weighted by Gasteiger charge is -2.26. The number of sulfone groups is 1. The first-order chi connectivity index (χ1) is 8.37. The second kappa shape index (κ2) is 3.35. The van der Waals surface area contributed by atoms with Gasteiger partial charge in [-0.25, -0.2) is 12.8 Å². The zero-order valence-corrected chi connectivity index (χ0v) is 10.7. The van der Waals surface area contributed by atoms with Crippen LogP contribution in [0.3, 0.4) is 0 Å². The fourth-order valence-corrected chi connectivity index (χ4v) is 3.24. The topological polar surface area (TPSA) is 58.2 Å². The molecule has 0 unspecified atom stereocenters. The quantitative estimate of drug-likeness (QED) is 0.757. The molecule has 0 atom stereocenters. The number of aryl methyl sites for hydroxylation is 1. The third kappa shape index (κ3) is 1.53. The summed E-state index contributed by atoms with van der Waals surface area (Å²) in [6, 6.07) is 1.43. The van der Waals surface area contributed by atoms with Crippen molar-refractivity contribution in [3.05, 3.63) is 45.2 Å². The van der Waals surface area contributed by atoms with Crippen LogP contribution >= 0.6 is 0 Å². The van der Waals surface area contributed by atoms with Crippen molar-refractivity contribution in [1.82, 2.24) is 0 Å². The molecule has 1 aromatic carbocycles. The van der Waals surface area contributed by atoms with Crippen molar-refractivity contribution in [1.29, 1.82) is 0 Å². The van der Waals surface area contributed by atoms with Crippen LogP contribution in [-0.2, 0) is 9.84 Å². The molecule has 2 N–H and O–H groups in total. The van der Waals surface area contributed by atoms with E-state index < -0.39 is 9.84 Å². The SMILES string of the molecule is Cc1cc(F)c(C)c2c1NC1=CS(=O)(=O)C=C1N2. The van der Waals surface area contributed by atoms with E-state index in [9.17, 15) is 12.8 Å². The summed E-state index contributed by atoms with van der Waals surface area (Å²) in [6.45, 7) is 3.43. The van der Waals surface area contributed by atoms with Gasteiger partial charge in [0.2, 0.25) is 0 Å². The number of fused-ring (bicyclic) bond motifs is 2. The number of anilines is 2. The number of rotatable bonds is 0. The van der Waals surface area contributed by atoms with Gasteiger partial charge in [-0.1, -0.05) is 0 Å². The molecule has 0 saturated heterocycles. The Balaban J connectivity index is 2.23. The average Bonchev–Trinajstić information content (AvgIpc) is 2.57. The summed E-state index contributed by atoms with van der Waals surface area (Å²) < 4.78 is 36.6. The molecule has 3 rings (SSSR count). The minimum absolute atomic E-state index is 0.311. The summed E-state index contributed by atoms with van der Waals surface area (Å²) in [7, 11) is -3.33. The lowest BCUT2D eigenvalue weighted by atomic mass is 10.0.